The number of carbonyl (C=O) groups is 1. The quantitative estimate of drug-likeness (QED) is 0.648. The minimum atomic E-state index is -0.290. The van der Waals surface area contributed by atoms with E-state index in [1.165, 1.54) is 19.3 Å². The number of methoxy groups -OCH3 is 1. The Kier molecular flexibility index (Phi) is 6.17. The number of nitriles is 1. The van der Waals surface area contributed by atoms with Gasteiger partial charge in [0.05, 0.1) is 7.11 Å². The number of nitrogens with zero attached hydrogens (tertiary/aromatic N) is 2. The smallest absolute Gasteiger partial charge is 0.262 e. The summed E-state index contributed by atoms with van der Waals surface area (Å²) < 4.78 is 5.52. The molecule has 0 unspecified atom stereocenters. The standard InChI is InChI=1S/C21H27N3O2/c1-26-20-14-19(24-11-5-2-6-12-24)10-9-16(20)13-17(15-22)21(25)23-18-7-3-4-8-18/h9-10,13-14,18H,2-8,11-12H2,1H3,(H,23,25)/b17-13-. The van der Waals surface area contributed by atoms with Crippen LogP contribution in [0.25, 0.3) is 6.08 Å². The van der Waals surface area contributed by atoms with Crippen molar-refractivity contribution in [3.8, 4) is 11.8 Å². The van der Waals surface area contributed by atoms with Gasteiger partial charge >= 0.3 is 0 Å². The molecule has 1 heterocycles. The first kappa shape index (κ1) is 18.3. The van der Waals surface area contributed by atoms with Crippen LogP contribution in [0.15, 0.2) is 23.8 Å². The summed E-state index contributed by atoms with van der Waals surface area (Å²) in [6.45, 7) is 2.12. The Morgan fingerprint density at radius 1 is 1.23 bits per heavy atom. The molecule has 0 radical (unpaired) electrons. The van der Waals surface area contributed by atoms with Crippen molar-refractivity contribution < 1.29 is 9.53 Å². The van der Waals surface area contributed by atoms with Crippen molar-refractivity contribution in [1.29, 1.82) is 5.26 Å². The number of amides is 1. The van der Waals surface area contributed by atoms with Gasteiger partial charge in [0.1, 0.15) is 17.4 Å². The Hall–Kier alpha value is -2.48. The van der Waals surface area contributed by atoms with E-state index < -0.39 is 0 Å². The van der Waals surface area contributed by atoms with Gasteiger partial charge < -0.3 is 15.0 Å². The molecule has 0 aromatic heterocycles. The fraction of sp³-hybridized carbons (Fsp3) is 0.524. The number of hydrogen-bond acceptors (Lipinski definition) is 4. The maximum Gasteiger partial charge on any atom is 0.262 e. The molecule has 0 spiro atoms. The average molecular weight is 353 g/mol. The molecule has 1 N–H and O–H groups in total. The van der Waals surface area contributed by atoms with Gasteiger partial charge in [-0.3, -0.25) is 4.79 Å². The highest BCUT2D eigenvalue weighted by Gasteiger charge is 2.20. The van der Waals surface area contributed by atoms with E-state index in [4.69, 9.17) is 4.74 Å². The van der Waals surface area contributed by atoms with Gasteiger partial charge in [-0.2, -0.15) is 5.26 Å². The van der Waals surface area contributed by atoms with E-state index in [2.05, 4.69) is 10.2 Å². The molecule has 2 fully saturated rings. The molecular weight excluding hydrogens is 326 g/mol. The van der Waals surface area contributed by atoms with Crippen molar-refractivity contribution in [2.24, 2.45) is 0 Å². The minimum Gasteiger partial charge on any atom is -0.496 e. The van der Waals surface area contributed by atoms with Crippen molar-refractivity contribution in [1.82, 2.24) is 5.32 Å². The second-order valence-electron chi connectivity index (χ2n) is 7.10. The highest BCUT2D eigenvalue weighted by Crippen LogP contribution is 2.29. The third-order valence-corrected chi connectivity index (χ3v) is 5.29. The maximum atomic E-state index is 12.4. The van der Waals surface area contributed by atoms with Gasteiger partial charge in [0.25, 0.3) is 5.91 Å². The number of benzene rings is 1. The van der Waals surface area contributed by atoms with Crippen LogP contribution in [0.1, 0.15) is 50.5 Å². The number of anilines is 1. The van der Waals surface area contributed by atoms with Gasteiger partial charge in [-0.1, -0.05) is 12.8 Å². The van der Waals surface area contributed by atoms with Crippen molar-refractivity contribution >= 4 is 17.7 Å². The van der Waals surface area contributed by atoms with Gasteiger partial charge in [-0.15, -0.1) is 0 Å². The monoisotopic (exact) mass is 353 g/mol. The molecular formula is C21H27N3O2. The van der Waals surface area contributed by atoms with E-state index in [-0.39, 0.29) is 17.5 Å². The Balaban J connectivity index is 1.78. The summed E-state index contributed by atoms with van der Waals surface area (Å²) in [6, 6.07) is 8.21. The highest BCUT2D eigenvalue weighted by molar-refractivity contribution is 6.02. The van der Waals surface area contributed by atoms with Crippen LogP contribution < -0.4 is 15.0 Å². The lowest BCUT2D eigenvalue weighted by molar-refractivity contribution is -0.117. The Morgan fingerprint density at radius 2 is 1.96 bits per heavy atom. The lowest BCUT2D eigenvalue weighted by Crippen LogP contribution is -2.33. The zero-order valence-electron chi connectivity index (χ0n) is 15.5. The molecule has 0 bridgehead atoms. The molecule has 1 aromatic rings. The fourth-order valence-electron chi connectivity index (χ4n) is 3.81. The molecule has 1 saturated heterocycles. The van der Waals surface area contributed by atoms with E-state index in [9.17, 15) is 10.1 Å². The molecule has 5 heteroatoms. The van der Waals surface area contributed by atoms with E-state index in [1.54, 1.807) is 13.2 Å². The van der Waals surface area contributed by atoms with Crippen LogP contribution in [0.5, 0.6) is 5.75 Å². The largest absolute Gasteiger partial charge is 0.496 e. The van der Waals surface area contributed by atoms with Gasteiger partial charge in [-0.05, 0) is 50.3 Å². The maximum absolute atomic E-state index is 12.4. The molecule has 0 atom stereocenters. The van der Waals surface area contributed by atoms with Crippen LogP contribution in [0.4, 0.5) is 5.69 Å². The van der Waals surface area contributed by atoms with Crippen LogP contribution >= 0.6 is 0 Å². The van der Waals surface area contributed by atoms with Gasteiger partial charge in [0, 0.05) is 36.4 Å². The first-order valence-electron chi connectivity index (χ1n) is 9.57. The van der Waals surface area contributed by atoms with E-state index in [0.717, 1.165) is 50.0 Å². The Labute approximate surface area is 155 Å². The predicted octanol–water partition coefficient (Wildman–Crippen LogP) is 3.65. The van der Waals surface area contributed by atoms with Crippen LogP contribution in [0.2, 0.25) is 0 Å². The summed E-state index contributed by atoms with van der Waals surface area (Å²) in [6.07, 6.45) is 9.62. The lowest BCUT2D eigenvalue weighted by Gasteiger charge is -2.29. The van der Waals surface area contributed by atoms with Gasteiger partial charge in [0.15, 0.2) is 0 Å². The number of hydrogen-bond donors (Lipinski definition) is 1. The Bertz CT molecular complexity index is 708. The van der Waals surface area contributed by atoms with Crippen molar-refractivity contribution in [3.63, 3.8) is 0 Å². The Morgan fingerprint density at radius 3 is 2.62 bits per heavy atom. The minimum absolute atomic E-state index is 0.126. The van der Waals surface area contributed by atoms with Crippen LogP contribution in [-0.4, -0.2) is 32.1 Å². The van der Waals surface area contributed by atoms with E-state index in [0.29, 0.717) is 5.75 Å². The summed E-state index contributed by atoms with van der Waals surface area (Å²) in [7, 11) is 1.62. The lowest BCUT2D eigenvalue weighted by atomic mass is 10.1. The summed E-state index contributed by atoms with van der Waals surface area (Å²) >= 11 is 0. The molecule has 3 rings (SSSR count). The zero-order valence-corrected chi connectivity index (χ0v) is 15.5. The van der Waals surface area contributed by atoms with Gasteiger partial charge in [-0.25, -0.2) is 0 Å². The van der Waals surface area contributed by atoms with Crippen LogP contribution in [0, 0.1) is 11.3 Å². The van der Waals surface area contributed by atoms with Crippen molar-refractivity contribution in [3.05, 3.63) is 29.3 Å². The first-order valence-corrected chi connectivity index (χ1v) is 9.57. The van der Waals surface area contributed by atoms with Crippen LogP contribution in [-0.2, 0) is 4.79 Å². The SMILES string of the molecule is COc1cc(N2CCCCC2)ccc1/C=C(/C#N)C(=O)NC1CCCC1. The number of nitrogens with one attached hydrogen (secondary N) is 1. The third-order valence-electron chi connectivity index (χ3n) is 5.29. The van der Waals surface area contributed by atoms with Crippen LogP contribution in [0.3, 0.4) is 0 Å². The second-order valence-corrected chi connectivity index (χ2v) is 7.10. The molecule has 1 amide bonds. The number of ether oxygens (including phenoxy) is 1. The molecule has 1 saturated carbocycles. The van der Waals surface area contributed by atoms with Crippen molar-refractivity contribution in [2.45, 2.75) is 51.0 Å². The molecule has 5 nitrogen and oxygen atoms in total. The van der Waals surface area contributed by atoms with E-state index in [1.807, 2.05) is 24.3 Å². The third kappa shape index (κ3) is 4.37. The summed E-state index contributed by atoms with van der Waals surface area (Å²) in [5.74, 6) is 0.399. The summed E-state index contributed by atoms with van der Waals surface area (Å²) in [5, 5.41) is 12.4. The predicted molar refractivity (Wildman–Crippen MR) is 103 cm³/mol. The summed E-state index contributed by atoms with van der Waals surface area (Å²) in [4.78, 5) is 14.8. The fourth-order valence-corrected chi connectivity index (χ4v) is 3.81. The molecule has 2 aliphatic rings. The first-order chi connectivity index (χ1) is 12.7. The highest BCUT2D eigenvalue weighted by atomic mass is 16.5. The van der Waals surface area contributed by atoms with Crippen molar-refractivity contribution in [2.75, 3.05) is 25.1 Å². The molecule has 1 aliphatic heterocycles. The van der Waals surface area contributed by atoms with E-state index >= 15 is 0 Å². The number of carbonyl (C=O) groups excluding carboxylic acids is 1. The molecule has 1 aliphatic carbocycles. The summed E-state index contributed by atoms with van der Waals surface area (Å²) in [5.41, 5.74) is 2.01. The molecule has 1 aromatic carbocycles. The molecule has 138 valence electrons. The molecule has 26 heavy (non-hydrogen) atoms. The van der Waals surface area contributed by atoms with Gasteiger partial charge in [0.2, 0.25) is 0 Å². The number of piperidine rings is 1. The topological polar surface area (TPSA) is 65.4 Å². The second kappa shape index (κ2) is 8.75. The average Bonchev–Trinajstić information content (AvgIpc) is 3.19. The normalized spacial score (nSPS) is 18.5. The number of rotatable bonds is 5. The zero-order chi connectivity index (χ0) is 18.4.